The van der Waals surface area contributed by atoms with Crippen LogP contribution in [0.4, 0.5) is 0 Å². The summed E-state index contributed by atoms with van der Waals surface area (Å²) in [5.74, 6) is 0. The molecule has 0 atom stereocenters. The van der Waals surface area contributed by atoms with Crippen LogP contribution in [0.5, 0.6) is 0 Å². The molecular weight excluding hydrogens is 198 g/mol. The lowest BCUT2D eigenvalue weighted by atomic mass is 9.76. The smallest absolute Gasteiger partial charge is 0.0594 e. The average Bonchev–Trinajstić information content (AvgIpc) is 2.38. The van der Waals surface area contributed by atoms with Gasteiger partial charge in [0.2, 0.25) is 0 Å². The van der Waals surface area contributed by atoms with Gasteiger partial charge in [0.05, 0.1) is 13.2 Å². The number of nitrogens with zero attached hydrogens (tertiary/aromatic N) is 1. The second kappa shape index (κ2) is 6.02. The minimum Gasteiger partial charge on any atom is -0.379 e. The van der Waals surface area contributed by atoms with E-state index in [1.807, 2.05) is 0 Å². The summed E-state index contributed by atoms with van der Waals surface area (Å²) in [4.78, 5) is 2.74. The van der Waals surface area contributed by atoms with Crippen LogP contribution in [0.1, 0.15) is 51.9 Å². The van der Waals surface area contributed by atoms with Gasteiger partial charge in [-0.15, -0.1) is 0 Å². The van der Waals surface area contributed by atoms with Crippen molar-refractivity contribution < 1.29 is 4.74 Å². The quantitative estimate of drug-likeness (QED) is 0.728. The van der Waals surface area contributed by atoms with E-state index < -0.39 is 0 Å². The van der Waals surface area contributed by atoms with Gasteiger partial charge < -0.3 is 4.74 Å². The molecule has 0 spiro atoms. The van der Waals surface area contributed by atoms with Gasteiger partial charge in [-0.3, -0.25) is 4.90 Å². The van der Waals surface area contributed by atoms with Gasteiger partial charge >= 0.3 is 0 Å². The van der Waals surface area contributed by atoms with Crippen LogP contribution in [-0.4, -0.2) is 36.7 Å². The van der Waals surface area contributed by atoms with E-state index in [0.717, 1.165) is 26.3 Å². The summed E-state index contributed by atoms with van der Waals surface area (Å²) in [6, 6.07) is 0. The van der Waals surface area contributed by atoms with Crippen LogP contribution in [0.15, 0.2) is 0 Å². The molecule has 1 heterocycles. The fourth-order valence-electron chi connectivity index (χ4n) is 3.28. The maximum atomic E-state index is 5.49. The van der Waals surface area contributed by atoms with E-state index in [9.17, 15) is 0 Å². The summed E-state index contributed by atoms with van der Waals surface area (Å²) in [5, 5.41) is 0. The molecule has 0 aromatic rings. The van der Waals surface area contributed by atoms with Gasteiger partial charge in [0, 0.05) is 18.6 Å². The van der Waals surface area contributed by atoms with Crippen molar-refractivity contribution in [2.45, 2.75) is 57.4 Å². The van der Waals surface area contributed by atoms with Gasteiger partial charge in [0.15, 0.2) is 0 Å². The van der Waals surface area contributed by atoms with Crippen LogP contribution in [0.25, 0.3) is 0 Å². The zero-order chi connectivity index (χ0) is 11.3. The van der Waals surface area contributed by atoms with E-state index in [2.05, 4.69) is 18.2 Å². The Morgan fingerprint density at radius 1 is 1.19 bits per heavy atom. The molecule has 0 aromatic carbocycles. The molecule has 1 saturated heterocycles. The molecule has 0 amide bonds. The Labute approximate surface area is 100 Å². The third-order valence-corrected chi connectivity index (χ3v) is 4.31. The Balaban J connectivity index is 1.99. The third kappa shape index (κ3) is 2.78. The Bertz CT molecular complexity index is 193. The Morgan fingerprint density at radius 2 is 1.88 bits per heavy atom. The van der Waals surface area contributed by atoms with Crippen molar-refractivity contribution >= 4 is 0 Å². The van der Waals surface area contributed by atoms with Gasteiger partial charge in [-0.25, -0.2) is 0 Å². The van der Waals surface area contributed by atoms with E-state index >= 15 is 0 Å². The minimum absolute atomic E-state index is 0.522. The second-order valence-electron chi connectivity index (χ2n) is 5.29. The third-order valence-electron chi connectivity index (χ3n) is 4.31. The lowest BCUT2D eigenvalue weighted by Crippen LogP contribution is -2.54. The zero-order valence-corrected chi connectivity index (χ0v) is 10.7. The van der Waals surface area contributed by atoms with Crippen LogP contribution < -0.4 is 0 Å². The summed E-state index contributed by atoms with van der Waals surface area (Å²) < 4.78 is 5.49. The molecule has 1 saturated carbocycles. The maximum Gasteiger partial charge on any atom is 0.0594 e. The number of morpholine rings is 1. The van der Waals surface area contributed by atoms with Gasteiger partial charge in [-0.2, -0.15) is 0 Å². The van der Waals surface area contributed by atoms with Crippen LogP contribution in [0.3, 0.4) is 0 Å². The molecule has 16 heavy (non-hydrogen) atoms. The topological polar surface area (TPSA) is 12.5 Å². The second-order valence-corrected chi connectivity index (χ2v) is 5.29. The van der Waals surface area contributed by atoms with Gasteiger partial charge in [-0.1, -0.05) is 19.8 Å². The molecule has 2 aliphatic rings. The number of hydrogen-bond acceptors (Lipinski definition) is 2. The van der Waals surface area contributed by atoms with Crippen molar-refractivity contribution in [2.24, 2.45) is 0 Å². The Morgan fingerprint density at radius 3 is 2.50 bits per heavy atom. The molecule has 2 nitrogen and oxygen atoms in total. The maximum absolute atomic E-state index is 5.49. The van der Waals surface area contributed by atoms with E-state index in [1.54, 1.807) is 0 Å². The molecule has 1 aliphatic heterocycles. The molecule has 2 rings (SSSR count). The lowest BCUT2D eigenvalue weighted by Gasteiger charge is -2.48. The van der Waals surface area contributed by atoms with E-state index in [0.29, 0.717) is 5.54 Å². The van der Waals surface area contributed by atoms with Crippen molar-refractivity contribution in [3.05, 3.63) is 6.42 Å². The number of unbranched alkanes of at least 4 members (excludes halogenated alkanes) is 1. The largest absolute Gasteiger partial charge is 0.379 e. The SMILES string of the molecule is CCCCC1(N2CCOCC2)CC[CH]CC1. The highest BCUT2D eigenvalue weighted by atomic mass is 16.5. The van der Waals surface area contributed by atoms with Crippen LogP contribution >= 0.6 is 0 Å². The van der Waals surface area contributed by atoms with Gasteiger partial charge in [0.1, 0.15) is 0 Å². The first kappa shape index (κ1) is 12.4. The summed E-state index contributed by atoms with van der Waals surface area (Å²) in [7, 11) is 0. The molecule has 2 heteroatoms. The molecule has 0 aromatic heterocycles. The highest BCUT2D eigenvalue weighted by molar-refractivity contribution is 4.97. The predicted molar refractivity (Wildman–Crippen MR) is 67.4 cm³/mol. The zero-order valence-electron chi connectivity index (χ0n) is 10.7. The molecule has 0 N–H and O–H groups in total. The predicted octanol–water partition coefficient (Wildman–Crippen LogP) is 3.03. The summed E-state index contributed by atoms with van der Waals surface area (Å²) >= 11 is 0. The fraction of sp³-hybridized carbons (Fsp3) is 0.929. The molecule has 2 fully saturated rings. The van der Waals surface area contributed by atoms with Crippen LogP contribution in [0, 0.1) is 6.42 Å². The minimum atomic E-state index is 0.522. The Hall–Kier alpha value is -0.0800. The van der Waals surface area contributed by atoms with Gasteiger partial charge in [-0.05, 0) is 38.5 Å². The average molecular weight is 224 g/mol. The summed E-state index contributed by atoms with van der Waals surface area (Å²) in [5.41, 5.74) is 0.522. The summed E-state index contributed by atoms with van der Waals surface area (Å²) in [6.45, 7) is 6.50. The first-order valence-electron chi connectivity index (χ1n) is 7.02. The number of hydrogen-bond donors (Lipinski definition) is 0. The molecule has 0 bridgehead atoms. The van der Waals surface area contributed by atoms with Crippen molar-refractivity contribution in [2.75, 3.05) is 26.3 Å². The monoisotopic (exact) mass is 224 g/mol. The molecule has 93 valence electrons. The highest BCUT2D eigenvalue weighted by Gasteiger charge is 2.37. The molecule has 1 radical (unpaired) electrons. The van der Waals surface area contributed by atoms with E-state index in [-0.39, 0.29) is 0 Å². The molecule has 0 unspecified atom stereocenters. The van der Waals surface area contributed by atoms with Crippen molar-refractivity contribution in [3.63, 3.8) is 0 Å². The molecule has 1 aliphatic carbocycles. The lowest BCUT2D eigenvalue weighted by molar-refractivity contribution is -0.0382. The standard InChI is InChI=1S/C14H26NO/c1-2-3-7-14(8-5-4-6-9-14)15-10-12-16-13-11-15/h4H,2-3,5-13H2,1H3. The van der Waals surface area contributed by atoms with Crippen molar-refractivity contribution in [3.8, 4) is 0 Å². The van der Waals surface area contributed by atoms with Crippen molar-refractivity contribution in [1.82, 2.24) is 4.90 Å². The number of ether oxygens (including phenoxy) is 1. The Kier molecular flexibility index (Phi) is 4.66. The van der Waals surface area contributed by atoms with E-state index in [1.165, 1.54) is 44.9 Å². The molecular formula is C14H26NO. The van der Waals surface area contributed by atoms with Crippen LogP contribution in [-0.2, 0) is 4.74 Å². The number of rotatable bonds is 4. The van der Waals surface area contributed by atoms with Crippen LogP contribution in [0.2, 0.25) is 0 Å². The normalized spacial score (nSPS) is 26.8. The van der Waals surface area contributed by atoms with Gasteiger partial charge in [0.25, 0.3) is 0 Å². The first-order chi connectivity index (χ1) is 7.87. The van der Waals surface area contributed by atoms with E-state index in [4.69, 9.17) is 4.74 Å². The van der Waals surface area contributed by atoms with Crippen molar-refractivity contribution in [1.29, 1.82) is 0 Å². The fourth-order valence-corrected chi connectivity index (χ4v) is 3.28. The highest BCUT2D eigenvalue weighted by Crippen LogP contribution is 2.37. The first-order valence-corrected chi connectivity index (χ1v) is 7.02. The summed E-state index contributed by atoms with van der Waals surface area (Å²) in [6.07, 6.45) is 12.0.